The number of nitrogens with zero attached hydrogens (tertiary/aromatic N) is 2. The summed E-state index contributed by atoms with van der Waals surface area (Å²) in [6.45, 7) is 9.08. The summed E-state index contributed by atoms with van der Waals surface area (Å²) >= 11 is 0. The smallest absolute Gasteiger partial charge is 0.0635 e. The summed E-state index contributed by atoms with van der Waals surface area (Å²) in [6, 6.07) is 67.6. The summed E-state index contributed by atoms with van der Waals surface area (Å²) in [4.78, 5) is 5.09. The molecule has 0 spiro atoms. The Labute approximate surface area is 356 Å². The van der Waals surface area contributed by atoms with Crippen molar-refractivity contribution in [2.24, 2.45) is 0 Å². The summed E-state index contributed by atoms with van der Waals surface area (Å²) in [5.41, 5.74) is 18.0. The second-order valence-electron chi connectivity index (χ2n) is 17.2. The molecule has 2 nitrogen and oxygen atoms in total. The predicted octanol–water partition coefficient (Wildman–Crippen LogP) is 15.3. The van der Waals surface area contributed by atoms with Gasteiger partial charge in [-0.1, -0.05) is 185 Å². The van der Waals surface area contributed by atoms with E-state index in [9.17, 15) is 0 Å². The molecule has 10 rings (SSSR count). The summed E-state index contributed by atoms with van der Waals surface area (Å²) < 4.78 is 0. The zero-order chi connectivity index (χ0) is 40.7. The van der Waals surface area contributed by atoms with Crippen LogP contribution in [-0.4, -0.2) is 6.04 Å². The monoisotopic (exact) mass is 776 g/mol. The van der Waals surface area contributed by atoms with Crippen LogP contribution in [-0.2, 0) is 0 Å². The molecule has 0 N–H and O–H groups in total. The van der Waals surface area contributed by atoms with E-state index in [0.29, 0.717) is 11.8 Å². The van der Waals surface area contributed by atoms with Crippen molar-refractivity contribution in [3.63, 3.8) is 0 Å². The first-order chi connectivity index (χ1) is 29.4. The van der Waals surface area contributed by atoms with Crippen molar-refractivity contribution in [2.45, 2.75) is 63.3 Å². The fourth-order valence-corrected chi connectivity index (χ4v) is 9.95. The molecule has 2 heteroatoms. The first-order valence-electron chi connectivity index (χ1n) is 21.7. The highest BCUT2D eigenvalue weighted by atomic mass is 15.2. The number of anilines is 4. The maximum Gasteiger partial charge on any atom is 0.0635 e. The van der Waals surface area contributed by atoms with Crippen LogP contribution in [0.5, 0.6) is 0 Å². The van der Waals surface area contributed by atoms with Crippen LogP contribution in [0.1, 0.15) is 102 Å². The van der Waals surface area contributed by atoms with E-state index in [0.717, 1.165) is 11.4 Å². The highest BCUT2D eigenvalue weighted by Crippen LogP contribution is 2.57. The van der Waals surface area contributed by atoms with E-state index in [4.69, 9.17) is 0 Å². The summed E-state index contributed by atoms with van der Waals surface area (Å²) in [6.07, 6.45) is 10.2. The molecule has 3 aliphatic carbocycles. The van der Waals surface area contributed by atoms with Crippen LogP contribution in [0.3, 0.4) is 0 Å². The van der Waals surface area contributed by atoms with E-state index in [2.05, 4.69) is 244 Å². The van der Waals surface area contributed by atoms with Gasteiger partial charge in [0.25, 0.3) is 0 Å². The van der Waals surface area contributed by atoms with E-state index in [1.807, 2.05) is 0 Å². The second-order valence-corrected chi connectivity index (χ2v) is 17.2. The standard InChI is InChI=1S/C58H52N2/c1-39(2)41-25-29-47(30-26-41)59(45-21-13-7-14-22-45)55-37-53(43-17-9-5-10-18-43)49-34-36-52-56(60(46-23-15-8-16-24-46)48-31-27-42(28-32-48)40(3)4)38-54(44-19-11-6-12-20-44)50-33-35-51(55)57(49)58(50)52/h5-40,49,52-53,56H,1-4H3. The lowest BCUT2D eigenvalue weighted by molar-refractivity contribution is 0.626. The SMILES string of the molecule is CC(C)c1ccc(N(C2=CC(c3ccccc3)C3C=CC4c5c(ccc2c53)C(c2ccccc2)=CC4N(c2ccccc2)c2ccc(C(C)C)cc2)c2ccccc2)cc1. The fourth-order valence-electron chi connectivity index (χ4n) is 9.95. The second kappa shape index (κ2) is 15.8. The maximum absolute atomic E-state index is 2.59. The quantitative estimate of drug-likeness (QED) is 0.128. The van der Waals surface area contributed by atoms with E-state index >= 15 is 0 Å². The minimum atomic E-state index is 0.0158. The number of hydrogen-bond acceptors (Lipinski definition) is 2. The van der Waals surface area contributed by atoms with Gasteiger partial charge in [-0.2, -0.15) is 0 Å². The van der Waals surface area contributed by atoms with Crippen LogP contribution in [0, 0.1) is 0 Å². The molecule has 4 unspecified atom stereocenters. The normalized spacial score (nSPS) is 18.8. The molecule has 294 valence electrons. The molecule has 60 heavy (non-hydrogen) atoms. The molecule has 0 aliphatic heterocycles. The minimum absolute atomic E-state index is 0.0158. The molecule has 0 bridgehead atoms. The van der Waals surface area contributed by atoms with Gasteiger partial charge in [-0.25, -0.2) is 0 Å². The molecule has 0 saturated heterocycles. The van der Waals surface area contributed by atoms with Crippen molar-refractivity contribution in [3.8, 4) is 0 Å². The Hall–Kier alpha value is -6.64. The Morgan fingerprint density at radius 2 is 0.867 bits per heavy atom. The third-order valence-corrected chi connectivity index (χ3v) is 13.0. The number of benzene rings is 7. The first kappa shape index (κ1) is 37.6. The van der Waals surface area contributed by atoms with Gasteiger partial charge in [0.15, 0.2) is 0 Å². The molecular formula is C58H52N2. The largest absolute Gasteiger partial charge is 0.334 e. The summed E-state index contributed by atoms with van der Waals surface area (Å²) in [5, 5.41) is 0. The Morgan fingerprint density at radius 1 is 0.400 bits per heavy atom. The van der Waals surface area contributed by atoms with Gasteiger partial charge < -0.3 is 9.80 Å². The Balaban J connectivity index is 1.23. The topological polar surface area (TPSA) is 6.48 Å². The Kier molecular flexibility index (Phi) is 9.94. The highest BCUT2D eigenvalue weighted by Gasteiger charge is 2.43. The van der Waals surface area contributed by atoms with Crippen LogP contribution in [0.25, 0.3) is 11.3 Å². The molecule has 4 atom stereocenters. The average molecular weight is 777 g/mol. The molecule has 0 amide bonds. The zero-order valence-electron chi connectivity index (χ0n) is 35.0. The zero-order valence-corrected chi connectivity index (χ0v) is 35.0. The number of rotatable bonds is 10. The van der Waals surface area contributed by atoms with Gasteiger partial charge in [-0.3, -0.25) is 0 Å². The third kappa shape index (κ3) is 6.71. The molecule has 0 heterocycles. The van der Waals surface area contributed by atoms with Gasteiger partial charge in [0.1, 0.15) is 0 Å². The van der Waals surface area contributed by atoms with E-state index in [1.54, 1.807) is 0 Å². The van der Waals surface area contributed by atoms with Crippen molar-refractivity contribution >= 4 is 34.0 Å². The predicted molar refractivity (Wildman–Crippen MR) is 254 cm³/mol. The molecule has 7 aromatic rings. The molecule has 0 radical (unpaired) electrons. The lowest BCUT2D eigenvalue weighted by Gasteiger charge is -2.46. The van der Waals surface area contributed by atoms with E-state index < -0.39 is 0 Å². The number of para-hydroxylation sites is 2. The van der Waals surface area contributed by atoms with Crippen molar-refractivity contribution in [1.29, 1.82) is 0 Å². The van der Waals surface area contributed by atoms with Crippen molar-refractivity contribution < 1.29 is 0 Å². The lowest BCUT2D eigenvalue weighted by atomic mass is 9.63. The molecule has 0 fully saturated rings. The lowest BCUT2D eigenvalue weighted by Crippen LogP contribution is -2.39. The Morgan fingerprint density at radius 3 is 1.47 bits per heavy atom. The number of allylic oxidation sites excluding steroid dienone is 2. The van der Waals surface area contributed by atoms with Gasteiger partial charge in [0.05, 0.1) is 11.7 Å². The van der Waals surface area contributed by atoms with E-state index in [1.165, 1.54) is 67.2 Å². The van der Waals surface area contributed by atoms with Crippen LogP contribution in [0.4, 0.5) is 22.7 Å². The van der Waals surface area contributed by atoms with Gasteiger partial charge >= 0.3 is 0 Å². The maximum atomic E-state index is 2.59. The highest BCUT2D eigenvalue weighted by molar-refractivity contribution is 5.94. The average Bonchev–Trinajstić information content (AvgIpc) is 3.30. The minimum Gasteiger partial charge on any atom is -0.334 e. The summed E-state index contributed by atoms with van der Waals surface area (Å²) in [7, 11) is 0. The Bertz CT molecular complexity index is 2690. The third-order valence-electron chi connectivity index (χ3n) is 13.0. The van der Waals surface area contributed by atoms with Gasteiger partial charge in [-0.05, 0) is 105 Å². The van der Waals surface area contributed by atoms with Gasteiger partial charge in [0.2, 0.25) is 0 Å². The molecule has 0 saturated carbocycles. The summed E-state index contributed by atoms with van der Waals surface area (Å²) in [5.74, 6) is 1.33. The van der Waals surface area contributed by atoms with Crippen molar-refractivity contribution in [2.75, 3.05) is 9.80 Å². The molecule has 3 aliphatic rings. The molecule has 0 aromatic heterocycles. The molecule has 7 aromatic carbocycles. The number of hydrogen-bond donors (Lipinski definition) is 0. The van der Waals surface area contributed by atoms with Crippen LogP contribution >= 0.6 is 0 Å². The van der Waals surface area contributed by atoms with Gasteiger partial charge in [0, 0.05) is 46.1 Å². The van der Waals surface area contributed by atoms with Crippen LogP contribution in [0.2, 0.25) is 0 Å². The van der Waals surface area contributed by atoms with Crippen LogP contribution < -0.4 is 9.80 Å². The van der Waals surface area contributed by atoms with Crippen molar-refractivity contribution in [1.82, 2.24) is 0 Å². The first-order valence-corrected chi connectivity index (χ1v) is 21.7. The molecular weight excluding hydrogens is 725 g/mol. The van der Waals surface area contributed by atoms with Crippen molar-refractivity contribution in [3.05, 3.63) is 251 Å². The fraction of sp³-hybridized carbons (Fsp3) is 0.172. The van der Waals surface area contributed by atoms with E-state index in [-0.39, 0.29) is 23.8 Å². The van der Waals surface area contributed by atoms with Crippen LogP contribution in [0.15, 0.2) is 206 Å². The van der Waals surface area contributed by atoms with Gasteiger partial charge in [-0.15, -0.1) is 0 Å².